The Labute approximate surface area is 149 Å². The van der Waals surface area contributed by atoms with Crippen LogP contribution in [0.3, 0.4) is 0 Å². The second kappa shape index (κ2) is 13.1. The molecule has 4 nitrogen and oxygen atoms in total. The van der Waals surface area contributed by atoms with Crippen molar-refractivity contribution in [2.24, 2.45) is 0 Å². The van der Waals surface area contributed by atoms with Crippen LogP contribution < -0.4 is 0 Å². The second-order valence-electron chi connectivity index (χ2n) is 4.58. The molecule has 0 N–H and O–H groups in total. The van der Waals surface area contributed by atoms with Gasteiger partial charge in [-0.1, -0.05) is 42.9 Å². The lowest BCUT2D eigenvalue weighted by Crippen LogP contribution is -2.13. The van der Waals surface area contributed by atoms with Gasteiger partial charge in [0.1, 0.15) is 6.61 Å². The largest absolute Gasteiger partial charge is 0.465 e. The van der Waals surface area contributed by atoms with E-state index in [1.165, 1.54) is 0 Å². The fraction of sp³-hybridized carbons (Fsp3) is 0.857. The minimum absolute atomic E-state index is 0.0373. The summed E-state index contributed by atoms with van der Waals surface area (Å²) in [5.41, 5.74) is 0. The van der Waals surface area contributed by atoms with Crippen LogP contribution in [0.4, 0.5) is 0 Å². The fourth-order valence-electron chi connectivity index (χ4n) is 1.40. The molecule has 0 aromatic carbocycles. The molecule has 0 heterocycles. The van der Waals surface area contributed by atoms with Gasteiger partial charge in [-0.3, -0.25) is 9.59 Å². The van der Waals surface area contributed by atoms with E-state index in [9.17, 15) is 9.59 Å². The number of alkyl halides is 2. The van der Waals surface area contributed by atoms with E-state index in [1.54, 1.807) is 0 Å². The van der Waals surface area contributed by atoms with E-state index in [-0.39, 0.29) is 16.0 Å². The molecule has 0 aliphatic rings. The molecule has 6 heteroatoms. The molecule has 0 rings (SSSR count). The van der Waals surface area contributed by atoms with Crippen molar-refractivity contribution in [3.63, 3.8) is 0 Å². The number of ether oxygens (including phenoxy) is 2. The number of unbranched alkanes of at least 4 members (excludes halogenated alkanes) is 1. The van der Waals surface area contributed by atoms with Gasteiger partial charge in [0.15, 0.2) is 4.11 Å². The van der Waals surface area contributed by atoms with Crippen LogP contribution in [0.2, 0.25) is 0 Å². The number of rotatable bonds is 11. The van der Waals surface area contributed by atoms with Crippen molar-refractivity contribution in [2.45, 2.75) is 66.8 Å². The van der Waals surface area contributed by atoms with Gasteiger partial charge in [-0.25, -0.2) is 0 Å². The number of carbonyl (C=O) groups excluding carboxylic acids is 2. The summed E-state index contributed by atoms with van der Waals surface area (Å²) < 4.78 is 10.7. The zero-order valence-electron chi connectivity index (χ0n) is 12.2. The molecule has 0 amide bonds. The van der Waals surface area contributed by atoms with Gasteiger partial charge in [0, 0.05) is 16.8 Å². The van der Waals surface area contributed by atoms with Crippen LogP contribution in [0.5, 0.6) is 0 Å². The normalized spacial score (nSPS) is 13.6. The van der Waals surface area contributed by atoms with Crippen LogP contribution in [0.1, 0.15) is 58.8 Å². The first-order valence-electron chi connectivity index (χ1n) is 7.12. The van der Waals surface area contributed by atoms with Gasteiger partial charge >= 0.3 is 11.9 Å². The first kappa shape index (κ1) is 20.4. The van der Waals surface area contributed by atoms with E-state index in [1.807, 2.05) is 0 Å². The van der Waals surface area contributed by atoms with Crippen LogP contribution >= 0.6 is 45.2 Å². The lowest BCUT2D eigenvalue weighted by atomic mass is 10.2. The second-order valence-corrected chi connectivity index (χ2v) is 7.74. The summed E-state index contributed by atoms with van der Waals surface area (Å²) >= 11 is 4.40. The smallest absolute Gasteiger partial charge is 0.306 e. The van der Waals surface area contributed by atoms with Crippen molar-refractivity contribution >= 4 is 57.1 Å². The van der Waals surface area contributed by atoms with Crippen LogP contribution in [0.15, 0.2) is 0 Å². The van der Waals surface area contributed by atoms with Crippen LogP contribution in [-0.2, 0) is 19.1 Å². The van der Waals surface area contributed by atoms with Gasteiger partial charge in [0.25, 0.3) is 0 Å². The summed E-state index contributed by atoms with van der Waals surface area (Å²) in [6.07, 6.45) is 4.98. The quantitative estimate of drug-likeness (QED) is 0.179. The molecule has 118 valence electrons. The number of halogens is 2. The molecular weight excluding hydrogens is 486 g/mol. The third-order valence-electron chi connectivity index (χ3n) is 2.65. The van der Waals surface area contributed by atoms with Crippen LogP contribution in [0.25, 0.3) is 0 Å². The molecular formula is C14H24I2O4. The summed E-state index contributed by atoms with van der Waals surface area (Å²) in [5.74, 6) is -0.351. The Morgan fingerprint density at radius 1 is 1.05 bits per heavy atom. The molecule has 2 atom stereocenters. The van der Waals surface area contributed by atoms with E-state index in [2.05, 4.69) is 59.0 Å². The molecule has 0 aromatic heterocycles. The molecule has 0 aliphatic heterocycles. The zero-order chi connectivity index (χ0) is 15.4. The molecule has 0 bridgehead atoms. The summed E-state index contributed by atoms with van der Waals surface area (Å²) in [4.78, 5) is 22.9. The van der Waals surface area contributed by atoms with E-state index in [0.29, 0.717) is 36.2 Å². The lowest BCUT2D eigenvalue weighted by molar-refractivity contribution is -0.146. The monoisotopic (exact) mass is 510 g/mol. The number of esters is 2. The van der Waals surface area contributed by atoms with Crippen molar-refractivity contribution in [1.29, 1.82) is 0 Å². The minimum Gasteiger partial charge on any atom is -0.465 e. The van der Waals surface area contributed by atoms with E-state index in [4.69, 9.17) is 9.47 Å². The predicted octanol–water partition coefficient (Wildman–Crippen LogP) is 4.41. The maximum atomic E-state index is 11.5. The Hall–Kier alpha value is 0.400. The van der Waals surface area contributed by atoms with Crippen molar-refractivity contribution < 1.29 is 19.1 Å². The third-order valence-corrected chi connectivity index (χ3v) is 4.77. The van der Waals surface area contributed by atoms with E-state index < -0.39 is 0 Å². The van der Waals surface area contributed by atoms with Gasteiger partial charge in [-0.05, 0) is 48.3 Å². The lowest BCUT2D eigenvalue weighted by Gasteiger charge is -2.10. The Morgan fingerprint density at radius 2 is 1.65 bits per heavy atom. The highest BCUT2D eigenvalue weighted by atomic mass is 127. The predicted molar refractivity (Wildman–Crippen MR) is 96.3 cm³/mol. The first-order chi connectivity index (χ1) is 9.49. The molecule has 0 aliphatic carbocycles. The highest BCUT2D eigenvalue weighted by Gasteiger charge is 2.11. The Morgan fingerprint density at radius 3 is 2.20 bits per heavy atom. The molecule has 0 saturated carbocycles. The standard InChI is InChI=1S/C14H24I2O4/c1-3-7-12(16)20-14(18)9-6-5-8-13(17)19-10-11(15)4-2/h11-12H,3-10H2,1-2H3. The van der Waals surface area contributed by atoms with E-state index >= 15 is 0 Å². The van der Waals surface area contributed by atoms with Crippen LogP contribution in [-0.4, -0.2) is 26.6 Å². The molecule has 0 spiro atoms. The fourth-order valence-corrected chi connectivity index (χ4v) is 2.49. The molecule has 20 heavy (non-hydrogen) atoms. The van der Waals surface area contributed by atoms with Gasteiger partial charge in [0.2, 0.25) is 0 Å². The van der Waals surface area contributed by atoms with Crippen molar-refractivity contribution in [3.05, 3.63) is 0 Å². The molecule has 2 unspecified atom stereocenters. The van der Waals surface area contributed by atoms with Crippen molar-refractivity contribution in [3.8, 4) is 0 Å². The third kappa shape index (κ3) is 12.2. The van der Waals surface area contributed by atoms with Gasteiger partial charge in [0.05, 0.1) is 0 Å². The van der Waals surface area contributed by atoms with E-state index in [0.717, 1.165) is 19.3 Å². The average Bonchev–Trinajstić information content (AvgIpc) is 2.41. The zero-order valence-corrected chi connectivity index (χ0v) is 16.5. The summed E-state index contributed by atoms with van der Waals surface area (Å²) in [5, 5.41) is 0. The number of carbonyl (C=O) groups is 2. The van der Waals surface area contributed by atoms with Gasteiger partial charge in [-0.15, -0.1) is 0 Å². The first-order valence-corrected chi connectivity index (χ1v) is 9.61. The summed E-state index contributed by atoms with van der Waals surface area (Å²) in [6, 6.07) is 0. The highest BCUT2D eigenvalue weighted by molar-refractivity contribution is 14.1. The summed E-state index contributed by atoms with van der Waals surface area (Å²) in [6.45, 7) is 4.60. The van der Waals surface area contributed by atoms with Gasteiger partial charge in [-0.2, -0.15) is 0 Å². The van der Waals surface area contributed by atoms with Crippen molar-refractivity contribution in [2.75, 3.05) is 6.61 Å². The molecule has 0 aromatic rings. The number of hydrogen-bond donors (Lipinski definition) is 0. The summed E-state index contributed by atoms with van der Waals surface area (Å²) in [7, 11) is 0. The van der Waals surface area contributed by atoms with Crippen molar-refractivity contribution in [1.82, 2.24) is 0 Å². The Bertz CT molecular complexity index is 284. The SMILES string of the molecule is CCCC(I)OC(=O)CCCCC(=O)OCC(I)CC. The maximum absolute atomic E-state index is 11.5. The molecule has 0 radical (unpaired) electrons. The molecule has 0 saturated heterocycles. The molecule has 0 fully saturated rings. The topological polar surface area (TPSA) is 52.6 Å². The highest BCUT2D eigenvalue weighted by Crippen LogP contribution is 2.13. The Kier molecular flexibility index (Phi) is 13.4. The maximum Gasteiger partial charge on any atom is 0.306 e. The number of hydrogen-bond acceptors (Lipinski definition) is 4. The average molecular weight is 510 g/mol. The Balaban J connectivity index is 3.55. The van der Waals surface area contributed by atoms with Gasteiger partial charge < -0.3 is 9.47 Å². The minimum atomic E-state index is -0.176. The van der Waals surface area contributed by atoms with Crippen LogP contribution in [0, 0.1) is 0 Å².